The van der Waals surface area contributed by atoms with E-state index >= 15 is 0 Å². The molecular weight excluding hydrogens is 327 g/mol. The SMILES string of the molecule is C1=CC2=NC3=NC(=NC4=NC(=NC5=NC(=NC1=N2)C=C5)C=C4)C=C3.[H-].[Na+]. The van der Waals surface area contributed by atoms with E-state index in [1.807, 2.05) is 0 Å². The Labute approximate surface area is 165 Å². The normalized spacial score (nSPS) is 21.8. The number of hydrogen-bond acceptors (Lipinski definition) is 8. The number of rotatable bonds is 0. The molecule has 0 N–H and O–H groups in total. The van der Waals surface area contributed by atoms with Crippen molar-refractivity contribution in [2.75, 3.05) is 0 Å². The van der Waals surface area contributed by atoms with Gasteiger partial charge in [-0.05, 0) is 48.6 Å². The fraction of sp³-hybridized carbons (Fsp3) is 0. The van der Waals surface area contributed by atoms with Crippen LogP contribution in [0.2, 0.25) is 0 Å². The van der Waals surface area contributed by atoms with Crippen LogP contribution >= 0.6 is 0 Å². The summed E-state index contributed by atoms with van der Waals surface area (Å²) in [6, 6.07) is 0. The Kier molecular flexibility index (Phi) is 4.00. The van der Waals surface area contributed by atoms with Gasteiger partial charge in [-0.15, -0.1) is 0 Å². The third-order valence-corrected chi connectivity index (χ3v) is 3.36. The van der Waals surface area contributed by atoms with Gasteiger partial charge in [-0.1, -0.05) is 0 Å². The van der Waals surface area contributed by atoms with E-state index in [4.69, 9.17) is 0 Å². The summed E-state index contributed by atoms with van der Waals surface area (Å²) in [6.45, 7) is 0. The molecule has 9 heteroatoms. The quantitative estimate of drug-likeness (QED) is 0.485. The molecule has 8 nitrogen and oxygen atoms in total. The topological polar surface area (TPSA) is 98.9 Å². The molecule has 5 aliphatic rings. The van der Waals surface area contributed by atoms with Gasteiger partial charge in [0.1, 0.15) is 0 Å². The van der Waals surface area contributed by atoms with Crippen LogP contribution in [-0.2, 0) is 0 Å². The van der Waals surface area contributed by atoms with E-state index < -0.39 is 0 Å². The summed E-state index contributed by atoms with van der Waals surface area (Å²) in [5.74, 6) is 4.30. The molecule has 0 radical (unpaired) electrons. The van der Waals surface area contributed by atoms with Crippen LogP contribution in [0.5, 0.6) is 0 Å². The second-order valence-corrected chi connectivity index (χ2v) is 5.09. The smallest absolute Gasteiger partial charge is 1.00 e. The van der Waals surface area contributed by atoms with Crippen LogP contribution in [0.15, 0.2) is 88.5 Å². The Balaban J connectivity index is 0.000000980. The van der Waals surface area contributed by atoms with E-state index in [-0.39, 0.29) is 31.0 Å². The number of hydrogen-bond donors (Lipinski definition) is 0. The Morgan fingerprint density at radius 2 is 0.440 bits per heavy atom. The number of aliphatic imine (C=N–C) groups is 8. The van der Waals surface area contributed by atoms with Crippen LogP contribution in [0.25, 0.3) is 0 Å². The van der Waals surface area contributed by atoms with Crippen LogP contribution in [0, 0.1) is 0 Å². The van der Waals surface area contributed by atoms with Gasteiger partial charge in [-0.3, -0.25) is 0 Å². The minimum absolute atomic E-state index is 0. The van der Waals surface area contributed by atoms with Gasteiger partial charge >= 0.3 is 29.6 Å². The summed E-state index contributed by atoms with van der Waals surface area (Å²) >= 11 is 0. The second kappa shape index (κ2) is 6.32. The van der Waals surface area contributed by atoms with E-state index in [1.54, 1.807) is 48.6 Å². The summed E-state index contributed by atoms with van der Waals surface area (Å²) in [5.41, 5.74) is 0. The van der Waals surface area contributed by atoms with Crippen molar-refractivity contribution >= 4 is 46.7 Å². The van der Waals surface area contributed by atoms with Crippen molar-refractivity contribution < 1.29 is 31.0 Å². The molecular formula is C16H9N8Na. The third-order valence-electron chi connectivity index (χ3n) is 3.36. The fourth-order valence-corrected chi connectivity index (χ4v) is 2.33. The van der Waals surface area contributed by atoms with Crippen molar-refractivity contribution in [3.05, 3.63) is 48.6 Å². The molecule has 0 saturated carbocycles. The Morgan fingerprint density at radius 3 is 0.560 bits per heavy atom. The molecule has 8 bridgehead atoms. The van der Waals surface area contributed by atoms with Gasteiger partial charge in [0.15, 0.2) is 46.7 Å². The molecule has 114 valence electrons. The maximum atomic E-state index is 4.37. The number of nitrogens with zero attached hydrogens (tertiary/aromatic N) is 8. The predicted octanol–water partition coefficient (Wildman–Crippen LogP) is -1.42. The minimum atomic E-state index is 0. The van der Waals surface area contributed by atoms with E-state index in [1.165, 1.54) is 0 Å². The molecule has 5 rings (SSSR count). The molecule has 25 heavy (non-hydrogen) atoms. The predicted molar refractivity (Wildman–Crippen MR) is 97.2 cm³/mol. The first kappa shape index (κ1) is 15.8. The second-order valence-electron chi connectivity index (χ2n) is 5.09. The van der Waals surface area contributed by atoms with Gasteiger partial charge in [0.2, 0.25) is 0 Å². The summed E-state index contributed by atoms with van der Waals surface area (Å²) in [7, 11) is 0. The molecule has 0 fully saturated rings. The summed E-state index contributed by atoms with van der Waals surface area (Å²) in [5, 5.41) is 0. The van der Waals surface area contributed by atoms with E-state index in [9.17, 15) is 0 Å². The van der Waals surface area contributed by atoms with Gasteiger partial charge in [-0.25, -0.2) is 39.9 Å². The van der Waals surface area contributed by atoms with Gasteiger partial charge < -0.3 is 1.43 Å². The largest absolute Gasteiger partial charge is 1.00 e. The zero-order chi connectivity index (χ0) is 15.9. The molecule has 0 aromatic rings. The van der Waals surface area contributed by atoms with Crippen molar-refractivity contribution in [3.8, 4) is 0 Å². The zero-order valence-electron chi connectivity index (χ0n) is 14.2. The molecule has 0 amide bonds. The average molecular weight is 336 g/mol. The van der Waals surface area contributed by atoms with Crippen molar-refractivity contribution in [1.29, 1.82) is 0 Å². The van der Waals surface area contributed by atoms with Crippen molar-refractivity contribution in [1.82, 2.24) is 0 Å². The summed E-state index contributed by atoms with van der Waals surface area (Å²) < 4.78 is 0. The average Bonchev–Trinajstić information content (AvgIpc) is 3.32. The molecule has 0 aromatic carbocycles. The van der Waals surface area contributed by atoms with Gasteiger partial charge in [-0.2, -0.15) is 0 Å². The Bertz CT molecular complexity index is 860. The number of amidine groups is 8. The van der Waals surface area contributed by atoms with Gasteiger partial charge in [0.05, 0.1) is 0 Å². The van der Waals surface area contributed by atoms with E-state index in [0.717, 1.165) is 0 Å². The molecule has 0 unspecified atom stereocenters. The van der Waals surface area contributed by atoms with Crippen LogP contribution in [-0.4, -0.2) is 46.7 Å². The monoisotopic (exact) mass is 336 g/mol. The molecule has 0 aliphatic carbocycles. The van der Waals surface area contributed by atoms with Crippen LogP contribution < -0.4 is 29.6 Å². The molecule has 5 heterocycles. The molecule has 0 spiro atoms. The molecule has 0 aromatic heterocycles. The first-order valence-corrected chi connectivity index (χ1v) is 7.22. The van der Waals surface area contributed by atoms with Gasteiger partial charge in [0.25, 0.3) is 0 Å². The zero-order valence-corrected chi connectivity index (χ0v) is 15.2. The van der Waals surface area contributed by atoms with Crippen LogP contribution in [0.4, 0.5) is 0 Å². The summed E-state index contributed by atoms with van der Waals surface area (Å²) in [4.78, 5) is 34.8. The Hall–Kier alpha value is -2.68. The van der Waals surface area contributed by atoms with E-state index in [0.29, 0.717) is 46.7 Å². The van der Waals surface area contributed by atoms with Crippen molar-refractivity contribution in [2.45, 2.75) is 0 Å². The molecule has 0 atom stereocenters. The summed E-state index contributed by atoms with van der Waals surface area (Å²) in [6.07, 6.45) is 14.2. The maximum Gasteiger partial charge on any atom is 1.00 e. The first-order chi connectivity index (χ1) is 11.8. The Morgan fingerprint density at radius 1 is 0.320 bits per heavy atom. The third kappa shape index (κ3) is 3.27. The standard InChI is InChI=1S/C16H8N8.Na.H/c1-2-10-17-9(1)21-11-3-4-13(18-11)23-15-7-8-16(20-15)24-14-6-5-12(19-14)22-10;;/h1-8H;;/q;+1;-1. The molecule has 0 saturated heterocycles. The number of fused-ring (bicyclic) bond motifs is 4. The minimum Gasteiger partial charge on any atom is -1.00 e. The molecule has 5 aliphatic heterocycles. The first-order valence-electron chi connectivity index (χ1n) is 7.22. The van der Waals surface area contributed by atoms with E-state index in [2.05, 4.69) is 39.9 Å². The van der Waals surface area contributed by atoms with Crippen molar-refractivity contribution in [3.63, 3.8) is 0 Å². The van der Waals surface area contributed by atoms with Crippen LogP contribution in [0.3, 0.4) is 0 Å². The van der Waals surface area contributed by atoms with Gasteiger partial charge in [0, 0.05) is 0 Å². The van der Waals surface area contributed by atoms with Crippen LogP contribution in [0.1, 0.15) is 1.43 Å². The maximum absolute atomic E-state index is 4.37. The van der Waals surface area contributed by atoms with Crippen molar-refractivity contribution in [2.24, 2.45) is 39.9 Å². The fourth-order valence-electron chi connectivity index (χ4n) is 2.33.